The Bertz CT molecular complexity index is 609. The molecule has 2 aliphatic rings. The summed E-state index contributed by atoms with van der Waals surface area (Å²) in [5, 5.41) is 0. The molecule has 0 atom stereocenters. The summed E-state index contributed by atoms with van der Waals surface area (Å²) in [4.78, 5) is 3.42. The van der Waals surface area contributed by atoms with Crippen LogP contribution in [0.1, 0.15) is 24.8 Å². The minimum atomic E-state index is -1.34. The molecule has 2 fully saturated rings. The molecule has 0 bridgehead atoms. The van der Waals surface area contributed by atoms with Gasteiger partial charge in [0.25, 0.3) is 0 Å². The van der Waals surface area contributed by atoms with Crippen molar-refractivity contribution < 1.29 is 22.3 Å². The van der Waals surface area contributed by atoms with E-state index in [0.717, 1.165) is 25.3 Å². The van der Waals surface area contributed by atoms with Gasteiger partial charge in [-0.2, -0.15) is 0 Å². The van der Waals surface area contributed by atoms with Gasteiger partial charge in [0.15, 0.2) is 23.3 Å². The molecular formula is C18H22F4N2O. The van der Waals surface area contributed by atoms with Gasteiger partial charge < -0.3 is 9.64 Å². The summed E-state index contributed by atoms with van der Waals surface area (Å²) in [7, 11) is 0. The Morgan fingerprint density at radius 3 is 2.00 bits per heavy atom. The first kappa shape index (κ1) is 18.2. The highest BCUT2D eigenvalue weighted by Crippen LogP contribution is 2.33. The van der Waals surface area contributed by atoms with Crippen molar-refractivity contribution in [3.63, 3.8) is 0 Å². The van der Waals surface area contributed by atoms with Gasteiger partial charge >= 0.3 is 0 Å². The summed E-state index contributed by atoms with van der Waals surface area (Å²) >= 11 is 0. The molecule has 0 unspecified atom stereocenters. The van der Waals surface area contributed by atoms with Gasteiger partial charge in [0, 0.05) is 32.7 Å². The molecule has 0 aromatic heterocycles. The van der Waals surface area contributed by atoms with Gasteiger partial charge in [0.2, 0.25) is 0 Å². The number of benzene rings is 1. The average Bonchev–Trinajstić information content (AvgIpc) is 2.65. The van der Waals surface area contributed by atoms with Gasteiger partial charge in [-0.25, -0.2) is 17.6 Å². The highest BCUT2D eigenvalue weighted by Gasteiger charge is 2.28. The highest BCUT2D eigenvalue weighted by atomic mass is 19.2. The van der Waals surface area contributed by atoms with Crippen molar-refractivity contribution in [3.8, 4) is 0 Å². The van der Waals surface area contributed by atoms with Crippen LogP contribution in [0.5, 0.6) is 0 Å². The number of nitrogens with zero attached hydrogens (tertiary/aromatic N) is 2. The smallest absolute Gasteiger partial charge is 0.185 e. The molecule has 0 spiro atoms. The number of hydrogen-bond donors (Lipinski definition) is 0. The fourth-order valence-electron chi connectivity index (χ4n) is 3.28. The zero-order valence-corrected chi connectivity index (χ0v) is 14.0. The van der Waals surface area contributed by atoms with Gasteiger partial charge in [0.1, 0.15) is 5.69 Å². The summed E-state index contributed by atoms with van der Waals surface area (Å²) in [6.07, 6.45) is 5.10. The van der Waals surface area contributed by atoms with Gasteiger partial charge in [0.05, 0.1) is 18.8 Å². The second-order valence-corrected chi connectivity index (χ2v) is 6.38. The average molecular weight is 358 g/mol. The third-order valence-corrected chi connectivity index (χ3v) is 4.70. The fourth-order valence-corrected chi connectivity index (χ4v) is 3.28. The van der Waals surface area contributed by atoms with E-state index in [9.17, 15) is 17.6 Å². The van der Waals surface area contributed by atoms with Crippen molar-refractivity contribution in [1.29, 1.82) is 0 Å². The number of anilines is 1. The quantitative estimate of drug-likeness (QED) is 0.604. The Balaban J connectivity index is 1.82. The molecule has 0 saturated carbocycles. The Morgan fingerprint density at radius 2 is 1.40 bits per heavy atom. The van der Waals surface area contributed by atoms with Gasteiger partial charge in [-0.3, -0.25) is 4.90 Å². The first-order chi connectivity index (χ1) is 12.1. The first-order valence-corrected chi connectivity index (χ1v) is 8.67. The Kier molecular flexibility index (Phi) is 5.96. The highest BCUT2D eigenvalue weighted by molar-refractivity contribution is 5.60. The third kappa shape index (κ3) is 3.98. The van der Waals surface area contributed by atoms with Crippen LogP contribution in [0.2, 0.25) is 0 Å². The maximum atomic E-state index is 14.4. The fraction of sp³-hybridized carbons (Fsp3) is 0.556. The lowest BCUT2D eigenvalue weighted by molar-refractivity contribution is 0.0435. The van der Waals surface area contributed by atoms with E-state index < -0.39 is 34.5 Å². The topological polar surface area (TPSA) is 15.7 Å². The van der Waals surface area contributed by atoms with Crippen LogP contribution in [0.3, 0.4) is 0 Å². The summed E-state index contributed by atoms with van der Waals surface area (Å²) in [5.41, 5.74) is -1.25. The zero-order chi connectivity index (χ0) is 17.8. The maximum absolute atomic E-state index is 14.4. The molecule has 0 N–H and O–H groups in total. The van der Waals surface area contributed by atoms with Crippen LogP contribution in [0.15, 0.2) is 6.08 Å². The van der Waals surface area contributed by atoms with Crippen molar-refractivity contribution in [2.24, 2.45) is 0 Å². The van der Waals surface area contributed by atoms with Crippen LogP contribution >= 0.6 is 0 Å². The molecule has 138 valence electrons. The van der Waals surface area contributed by atoms with Gasteiger partial charge in [-0.1, -0.05) is 12.2 Å². The van der Waals surface area contributed by atoms with Gasteiger partial charge in [-0.05, 0) is 19.3 Å². The Hall–Kier alpha value is -1.60. The van der Waals surface area contributed by atoms with Crippen LogP contribution in [0.25, 0.3) is 6.08 Å². The Labute approximate surface area is 144 Å². The number of ether oxygens (including phenoxy) is 1. The number of morpholine rings is 1. The van der Waals surface area contributed by atoms with Crippen LogP contribution in [0.4, 0.5) is 23.2 Å². The third-order valence-electron chi connectivity index (χ3n) is 4.70. The SMILES string of the molecule is Fc1c(F)c(N2CCCCC2)c(F)c(F)c1C=CCN1CCOCC1. The monoisotopic (exact) mass is 358 g/mol. The van der Waals surface area contributed by atoms with Crippen LogP contribution < -0.4 is 4.90 Å². The molecule has 2 heterocycles. The zero-order valence-electron chi connectivity index (χ0n) is 14.0. The predicted molar refractivity (Wildman–Crippen MR) is 88.6 cm³/mol. The van der Waals surface area contributed by atoms with Crippen LogP contribution in [-0.2, 0) is 4.74 Å². The van der Waals surface area contributed by atoms with Crippen LogP contribution in [0, 0.1) is 23.3 Å². The largest absolute Gasteiger partial charge is 0.379 e. The standard InChI is InChI=1S/C18H22F4N2O/c19-14-13(5-4-6-23-9-11-25-12-10-23)15(20)17(22)18(16(14)21)24-7-2-1-3-8-24/h4-5H,1-3,6-12H2. The van der Waals surface area contributed by atoms with E-state index >= 15 is 0 Å². The van der Waals surface area contributed by atoms with E-state index in [1.807, 2.05) is 4.90 Å². The van der Waals surface area contributed by atoms with E-state index in [-0.39, 0.29) is 0 Å². The molecule has 3 rings (SSSR count). The van der Waals surface area contributed by atoms with Crippen molar-refractivity contribution in [3.05, 3.63) is 34.9 Å². The summed E-state index contributed by atoms with van der Waals surface area (Å²) in [6.45, 7) is 3.88. The number of halogens is 4. The second kappa shape index (κ2) is 8.19. The minimum Gasteiger partial charge on any atom is -0.379 e. The summed E-state index contributed by atoms with van der Waals surface area (Å²) < 4.78 is 62.6. The Morgan fingerprint density at radius 1 is 0.800 bits per heavy atom. The van der Waals surface area contributed by atoms with Crippen LogP contribution in [-0.4, -0.2) is 50.8 Å². The molecule has 0 aliphatic carbocycles. The van der Waals surface area contributed by atoms with Crippen molar-refractivity contribution in [2.75, 3.05) is 50.8 Å². The maximum Gasteiger partial charge on any atom is 0.185 e. The summed E-state index contributed by atoms with van der Waals surface area (Å²) in [5.74, 6) is -5.30. The number of piperidine rings is 1. The molecule has 0 amide bonds. The normalized spacial score (nSPS) is 19.8. The molecule has 1 aromatic rings. The van der Waals surface area contributed by atoms with E-state index in [2.05, 4.69) is 0 Å². The number of rotatable bonds is 4. The minimum absolute atomic E-state index is 0.402. The van der Waals surface area contributed by atoms with E-state index in [4.69, 9.17) is 4.74 Å². The van der Waals surface area contributed by atoms with Gasteiger partial charge in [-0.15, -0.1) is 0 Å². The van der Waals surface area contributed by atoms with E-state index in [0.29, 0.717) is 45.9 Å². The lowest BCUT2D eigenvalue weighted by atomic mass is 10.1. The molecule has 25 heavy (non-hydrogen) atoms. The molecule has 0 radical (unpaired) electrons. The van der Waals surface area contributed by atoms with Crippen molar-refractivity contribution >= 4 is 11.8 Å². The molecular weight excluding hydrogens is 336 g/mol. The van der Waals surface area contributed by atoms with Crippen molar-refractivity contribution in [1.82, 2.24) is 4.90 Å². The lowest BCUT2D eigenvalue weighted by Gasteiger charge is -2.29. The van der Waals surface area contributed by atoms with E-state index in [1.165, 1.54) is 11.0 Å². The number of hydrogen-bond acceptors (Lipinski definition) is 3. The van der Waals surface area contributed by atoms with E-state index in [1.54, 1.807) is 0 Å². The summed E-state index contributed by atoms with van der Waals surface area (Å²) in [6, 6.07) is 0. The lowest BCUT2D eigenvalue weighted by Crippen LogP contribution is -2.36. The molecule has 7 heteroatoms. The first-order valence-electron chi connectivity index (χ1n) is 8.67. The molecule has 2 saturated heterocycles. The molecule has 2 aliphatic heterocycles. The predicted octanol–water partition coefficient (Wildman–Crippen LogP) is 3.58. The second-order valence-electron chi connectivity index (χ2n) is 6.38. The molecule has 1 aromatic carbocycles. The molecule has 3 nitrogen and oxygen atoms in total. The van der Waals surface area contributed by atoms with Crippen molar-refractivity contribution in [2.45, 2.75) is 19.3 Å².